The van der Waals surface area contributed by atoms with Crippen molar-refractivity contribution in [1.82, 2.24) is 10.2 Å². The second kappa shape index (κ2) is 6.24. The van der Waals surface area contributed by atoms with Gasteiger partial charge in [-0.25, -0.2) is 0 Å². The number of amides is 1. The van der Waals surface area contributed by atoms with Gasteiger partial charge in [0.1, 0.15) is 5.76 Å². The van der Waals surface area contributed by atoms with Gasteiger partial charge in [0.15, 0.2) is 0 Å². The zero-order valence-corrected chi connectivity index (χ0v) is 12.1. The van der Waals surface area contributed by atoms with Gasteiger partial charge in [-0.3, -0.25) is 4.79 Å². The molecule has 1 aliphatic heterocycles. The predicted octanol–water partition coefficient (Wildman–Crippen LogP) is 2.32. The molecule has 1 aromatic rings. The number of hydrogen-bond acceptors (Lipinski definition) is 3. The normalized spacial score (nSPS) is 23.3. The van der Waals surface area contributed by atoms with E-state index in [4.69, 9.17) is 4.42 Å². The van der Waals surface area contributed by atoms with Crippen molar-refractivity contribution in [1.29, 1.82) is 0 Å². The quantitative estimate of drug-likeness (QED) is 0.907. The van der Waals surface area contributed by atoms with Gasteiger partial charge in [-0.2, -0.15) is 0 Å². The van der Waals surface area contributed by atoms with Crippen molar-refractivity contribution >= 4 is 5.91 Å². The van der Waals surface area contributed by atoms with E-state index < -0.39 is 0 Å². The van der Waals surface area contributed by atoms with Crippen LogP contribution < -0.4 is 5.32 Å². The number of carbonyl (C=O) groups excluding carboxylic acids is 1. The molecule has 1 aromatic heterocycles. The first kappa shape index (κ1) is 14.1. The van der Waals surface area contributed by atoms with E-state index in [1.807, 2.05) is 20.0 Å². The van der Waals surface area contributed by atoms with E-state index in [2.05, 4.69) is 12.2 Å². The van der Waals surface area contributed by atoms with Crippen LogP contribution in [-0.2, 0) is 11.3 Å². The first-order chi connectivity index (χ1) is 9.11. The Morgan fingerprint density at radius 1 is 1.58 bits per heavy atom. The van der Waals surface area contributed by atoms with Gasteiger partial charge >= 0.3 is 0 Å². The summed E-state index contributed by atoms with van der Waals surface area (Å²) in [5.41, 5.74) is 1.08. The van der Waals surface area contributed by atoms with Crippen molar-refractivity contribution < 1.29 is 9.21 Å². The van der Waals surface area contributed by atoms with Gasteiger partial charge in [-0.15, -0.1) is 0 Å². The molecule has 0 aromatic carbocycles. The zero-order chi connectivity index (χ0) is 13.8. The van der Waals surface area contributed by atoms with Crippen LogP contribution in [0.15, 0.2) is 16.7 Å². The summed E-state index contributed by atoms with van der Waals surface area (Å²) in [7, 11) is 1.87. The van der Waals surface area contributed by atoms with E-state index >= 15 is 0 Å². The average molecular weight is 264 g/mol. The Bertz CT molecular complexity index is 428. The second-order valence-electron chi connectivity index (χ2n) is 5.50. The number of nitrogens with one attached hydrogen (secondary N) is 1. The lowest BCUT2D eigenvalue weighted by Gasteiger charge is -2.31. The molecule has 1 aliphatic rings. The second-order valence-corrected chi connectivity index (χ2v) is 5.50. The topological polar surface area (TPSA) is 45.5 Å². The Hall–Kier alpha value is -1.29. The number of aryl methyl sites for hydroxylation is 1. The maximum Gasteiger partial charge on any atom is 0.239 e. The van der Waals surface area contributed by atoms with Crippen molar-refractivity contribution in [2.24, 2.45) is 5.92 Å². The van der Waals surface area contributed by atoms with Crippen molar-refractivity contribution in [2.45, 2.75) is 45.7 Å². The fourth-order valence-corrected chi connectivity index (χ4v) is 2.73. The molecule has 2 rings (SSSR count). The number of rotatable bonds is 4. The molecule has 4 nitrogen and oxygen atoms in total. The molecule has 2 atom stereocenters. The Morgan fingerprint density at radius 3 is 3.00 bits per heavy atom. The minimum Gasteiger partial charge on any atom is -0.469 e. The van der Waals surface area contributed by atoms with Gasteiger partial charge in [-0.1, -0.05) is 13.3 Å². The lowest BCUT2D eigenvalue weighted by Crippen LogP contribution is -2.49. The van der Waals surface area contributed by atoms with Crippen LogP contribution in [0.25, 0.3) is 0 Å². The van der Waals surface area contributed by atoms with Gasteiger partial charge in [0.25, 0.3) is 0 Å². The predicted molar refractivity (Wildman–Crippen MR) is 74.7 cm³/mol. The van der Waals surface area contributed by atoms with E-state index in [0.717, 1.165) is 30.7 Å². The first-order valence-electron chi connectivity index (χ1n) is 7.13. The van der Waals surface area contributed by atoms with Gasteiger partial charge in [0.2, 0.25) is 5.91 Å². The Labute approximate surface area is 115 Å². The van der Waals surface area contributed by atoms with Crippen molar-refractivity contribution in [3.63, 3.8) is 0 Å². The molecule has 1 amide bonds. The van der Waals surface area contributed by atoms with Crippen LogP contribution in [0.3, 0.4) is 0 Å². The van der Waals surface area contributed by atoms with Crippen LogP contribution in [0.2, 0.25) is 0 Å². The van der Waals surface area contributed by atoms with E-state index in [1.165, 1.54) is 6.42 Å². The molecule has 1 fully saturated rings. The summed E-state index contributed by atoms with van der Waals surface area (Å²) in [6.07, 6.45) is 4.99. The Morgan fingerprint density at radius 2 is 2.37 bits per heavy atom. The summed E-state index contributed by atoms with van der Waals surface area (Å²) in [5, 5.41) is 3.34. The van der Waals surface area contributed by atoms with E-state index in [9.17, 15) is 4.79 Å². The minimum atomic E-state index is -0.0177. The third kappa shape index (κ3) is 3.38. The lowest BCUT2D eigenvalue weighted by molar-refractivity contribution is -0.133. The van der Waals surface area contributed by atoms with Crippen LogP contribution in [-0.4, -0.2) is 30.4 Å². The number of furan rings is 1. The van der Waals surface area contributed by atoms with Crippen molar-refractivity contribution in [3.05, 3.63) is 23.7 Å². The number of likely N-dealkylation sites (N-methyl/N-ethyl adjacent to an activating group) is 1. The highest BCUT2D eigenvalue weighted by Gasteiger charge is 2.28. The summed E-state index contributed by atoms with van der Waals surface area (Å²) in [6, 6.07) is 1.92. The van der Waals surface area contributed by atoms with Gasteiger partial charge in [0.05, 0.1) is 12.3 Å². The molecule has 2 unspecified atom stereocenters. The summed E-state index contributed by atoms with van der Waals surface area (Å²) < 4.78 is 5.27. The molecule has 0 spiro atoms. The highest BCUT2D eigenvalue weighted by Crippen LogP contribution is 2.21. The third-order valence-corrected chi connectivity index (χ3v) is 4.14. The number of piperidine rings is 1. The molecule has 1 N–H and O–H groups in total. The van der Waals surface area contributed by atoms with Crippen LogP contribution in [0, 0.1) is 12.8 Å². The maximum atomic E-state index is 12.4. The lowest BCUT2D eigenvalue weighted by atomic mass is 9.90. The van der Waals surface area contributed by atoms with Crippen LogP contribution in [0.5, 0.6) is 0 Å². The maximum absolute atomic E-state index is 12.4. The van der Waals surface area contributed by atoms with Gasteiger partial charge in [0, 0.05) is 19.2 Å². The number of hydrogen-bond donors (Lipinski definition) is 1. The molecule has 1 saturated heterocycles. The van der Waals surface area contributed by atoms with Crippen molar-refractivity contribution in [2.75, 3.05) is 13.6 Å². The SMILES string of the molecule is CCC1CCNC(C(=O)N(C)Cc2ccoc2C)C1. The fourth-order valence-electron chi connectivity index (χ4n) is 2.73. The van der Waals surface area contributed by atoms with Gasteiger partial charge in [-0.05, 0) is 38.3 Å². The molecular weight excluding hydrogens is 240 g/mol. The van der Waals surface area contributed by atoms with Crippen LogP contribution >= 0.6 is 0 Å². The first-order valence-corrected chi connectivity index (χ1v) is 7.13. The Balaban J connectivity index is 1.93. The minimum absolute atomic E-state index is 0.0177. The summed E-state index contributed by atoms with van der Waals surface area (Å²) >= 11 is 0. The molecule has 0 bridgehead atoms. The molecule has 0 aliphatic carbocycles. The summed E-state index contributed by atoms with van der Waals surface area (Å²) in [4.78, 5) is 14.2. The fraction of sp³-hybridized carbons (Fsp3) is 0.667. The molecular formula is C15H24N2O2. The number of nitrogens with zero attached hydrogens (tertiary/aromatic N) is 1. The number of carbonyl (C=O) groups is 1. The largest absolute Gasteiger partial charge is 0.469 e. The molecule has 106 valence electrons. The zero-order valence-electron chi connectivity index (χ0n) is 12.1. The van der Waals surface area contributed by atoms with E-state index in [1.54, 1.807) is 11.2 Å². The highest BCUT2D eigenvalue weighted by atomic mass is 16.3. The monoisotopic (exact) mass is 264 g/mol. The molecule has 4 heteroatoms. The van der Waals surface area contributed by atoms with Gasteiger partial charge < -0.3 is 14.6 Å². The molecule has 2 heterocycles. The van der Waals surface area contributed by atoms with E-state index in [0.29, 0.717) is 12.5 Å². The molecule has 0 saturated carbocycles. The average Bonchev–Trinajstić information content (AvgIpc) is 2.83. The molecule has 0 radical (unpaired) electrons. The van der Waals surface area contributed by atoms with Crippen LogP contribution in [0.4, 0.5) is 0 Å². The van der Waals surface area contributed by atoms with Crippen molar-refractivity contribution in [3.8, 4) is 0 Å². The summed E-state index contributed by atoms with van der Waals surface area (Å²) in [6.45, 7) is 5.71. The third-order valence-electron chi connectivity index (χ3n) is 4.14. The Kier molecular flexibility index (Phi) is 4.64. The van der Waals surface area contributed by atoms with E-state index in [-0.39, 0.29) is 11.9 Å². The summed E-state index contributed by atoms with van der Waals surface area (Å²) in [5.74, 6) is 1.76. The van der Waals surface area contributed by atoms with Crippen LogP contribution in [0.1, 0.15) is 37.5 Å². The smallest absolute Gasteiger partial charge is 0.239 e. The highest BCUT2D eigenvalue weighted by molar-refractivity contribution is 5.81. The standard InChI is InChI=1S/C15H24N2O2/c1-4-12-5-7-16-14(9-12)15(18)17(3)10-13-6-8-19-11(13)2/h6,8,12,14,16H,4-5,7,9-10H2,1-3H3. The molecule has 19 heavy (non-hydrogen) atoms.